The first kappa shape index (κ1) is 15.0. The van der Waals surface area contributed by atoms with Crippen LogP contribution in [0.3, 0.4) is 0 Å². The number of nitrogens with one attached hydrogen (secondary N) is 1. The lowest BCUT2D eigenvalue weighted by Gasteiger charge is -2.09. The van der Waals surface area contributed by atoms with Gasteiger partial charge in [0.25, 0.3) is 11.6 Å². The Kier molecular flexibility index (Phi) is 4.23. The van der Waals surface area contributed by atoms with Gasteiger partial charge in [-0.05, 0) is 41.1 Å². The second kappa shape index (κ2) is 5.92. The van der Waals surface area contributed by atoms with Gasteiger partial charge in [0, 0.05) is 22.3 Å². The summed E-state index contributed by atoms with van der Waals surface area (Å²) in [5.74, 6) is -0.370. The standard InChI is InChI=1S/C14H12BrN3O3/c1-8-2-4-12(16)10(6-8)14(19)17-13-5-3-9(18(20)21)7-11(13)15/h2-7H,16H2,1H3,(H,17,19). The number of nitrogen functional groups attached to an aromatic ring is 1. The molecule has 0 spiro atoms. The maximum Gasteiger partial charge on any atom is 0.270 e. The number of rotatable bonds is 3. The first-order valence-electron chi connectivity index (χ1n) is 6.00. The van der Waals surface area contributed by atoms with Gasteiger partial charge in [-0.1, -0.05) is 11.6 Å². The van der Waals surface area contributed by atoms with Crippen molar-refractivity contribution >= 4 is 38.9 Å². The minimum atomic E-state index is -0.505. The molecule has 0 saturated carbocycles. The van der Waals surface area contributed by atoms with Crippen molar-refractivity contribution < 1.29 is 9.72 Å². The van der Waals surface area contributed by atoms with E-state index in [9.17, 15) is 14.9 Å². The summed E-state index contributed by atoms with van der Waals surface area (Å²) in [4.78, 5) is 22.4. The van der Waals surface area contributed by atoms with E-state index in [0.717, 1.165) is 5.56 Å². The molecule has 1 amide bonds. The number of benzene rings is 2. The van der Waals surface area contributed by atoms with Crippen LogP contribution in [0.2, 0.25) is 0 Å². The molecule has 0 fully saturated rings. The number of anilines is 2. The zero-order chi connectivity index (χ0) is 15.6. The highest BCUT2D eigenvalue weighted by Crippen LogP contribution is 2.28. The smallest absolute Gasteiger partial charge is 0.270 e. The number of nitrogens with zero attached hydrogens (tertiary/aromatic N) is 1. The van der Waals surface area contributed by atoms with E-state index in [1.807, 2.05) is 13.0 Å². The van der Waals surface area contributed by atoms with Crippen molar-refractivity contribution in [3.8, 4) is 0 Å². The minimum Gasteiger partial charge on any atom is -0.398 e. The van der Waals surface area contributed by atoms with E-state index in [1.165, 1.54) is 18.2 Å². The molecule has 7 heteroatoms. The molecule has 0 unspecified atom stereocenters. The van der Waals surface area contributed by atoms with E-state index in [0.29, 0.717) is 21.4 Å². The lowest BCUT2D eigenvalue weighted by Crippen LogP contribution is -2.14. The van der Waals surface area contributed by atoms with Crippen LogP contribution in [0.5, 0.6) is 0 Å². The number of nitro groups is 1. The second-order valence-electron chi connectivity index (χ2n) is 4.47. The summed E-state index contributed by atoms with van der Waals surface area (Å²) in [6, 6.07) is 9.27. The summed E-state index contributed by atoms with van der Waals surface area (Å²) < 4.78 is 0.427. The lowest BCUT2D eigenvalue weighted by molar-refractivity contribution is -0.384. The number of nitro benzene ring substituents is 1. The highest BCUT2D eigenvalue weighted by molar-refractivity contribution is 9.10. The topological polar surface area (TPSA) is 98.3 Å². The van der Waals surface area contributed by atoms with Gasteiger partial charge in [-0.15, -0.1) is 0 Å². The van der Waals surface area contributed by atoms with Crippen molar-refractivity contribution in [1.29, 1.82) is 0 Å². The molecule has 0 heterocycles. The molecular formula is C14H12BrN3O3. The second-order valence-corrected chi connectivity index (χ2v) is 5.32. The van der Waals surface area contributed by atoms with Crippen LogP contribution in [0.15, 0.2) is 40.9 Å². The summed E-state index contributed by atoms with van der Waals surface area (Å²) in [7, 11) is 0. The third kappa shape index (κ3) is 3.38. The monoisotopic (exact) mass is 349 g/mol. The van der Waals surface area contributed by atoms with Crippen LogP contribution in [0.4, 0.5) is 17.1 Å². The van der Waals surface area contributed by atoms with Crippen molar-refractivity contribution in [2.24, 2.45) is 0 Å². The van der Waals surface area contributed by atoms with E-state index in [1.54, 1.807) is 12.1 Å². The highest BCUT2D eigenvalue weighted by atomic mass is 79.9. The number of aryl methyl sites for hydroxylation is 1. The van der Waals surface area contributed by atoms with Gasteiger partial charge >= 0.3 is 0 Å². The number of carbonyl (C=O) groups excluding carboxylic acids is 1. The van der Waals surface area contributed by atoms with E-state index in [2.05, 4.69) is 21.2 Å². The van der Waals surface area contributed by atoms with Crippen LogP contribution in [0, 0.1) is 17.0 Å². The average Bonchev–Trinajstić information content (AvgIpc) is 2.43. The van der Waals surface area contributed by atoms with E-state index >= 15 is 0 Å². The molecule has 0 bridgehead atoms. The fraction of sp³-hybridized carbons (Fsp3) is 0.0714. The van der Waals surface area contributed by atoms with Crippen molar-refractivity contribution in [3.63, 3.8) is 0 Å². The fourth-order valence-electron chi connectivity index (χ4n) is 1.78. The summed E-state index contributed by atoms with van der Waals surface area (Å²) in [6.45, 7) is 1.86. The number of halogens is 1. The molecule has 0 aromatic heterocycles. The molecular weight excluding hydrogens is 338 g/mol. The lowest BCUT2D eigenvalue weighted by atomic mass is 10.1. The van der Waals surface area contributed by atoms with E-state index in [4.69, 9.17) is 5.73 Å². The number of non-ortho nitro benzene ring substituents is 1. The fourth-order valence-corrected chi connectivity index (χ4v) is 2.24. The van der Waals surface area contributed by atoms with Crippen LogP contribution in [0.1, 0.15) is 15.9 Å². The maximum atomic E-state index is 12.2. The van der Waals surface area contributed by atoms with Crippen molar-refractivity contribution in [2.45, 2.75) is 6.92 Å². The SMILES string of the molecule is Cc1ccc(N)c(C(=O)Nc2ccc([N+](=O)[O-])cc2Br)c1. The average molecular weight is 350 g/mol. The predicted molar refractivity (Wildman–Crippen MR) is 84.3 cm³/mol. The number of hydrogen-bond acceptors (Lipinski definition) is 4. The van der Waals surface area contributed by atoms with Crippen molar-refractivity contribution in [2.75, 3.05) is 11.1 Å². The molecule has 6 nitrogen and oxygen atoms in total. The predicted octanol–water partition coefficient (Wildman–Crippen LogP) is 3.50. The molecule has 0 aliphatic carbocycles. The Morgan fingerprint density at radius 3 is 2.62 bits per heavy atom. The van der Waals surface area contributed by atoms with Crippen LogP contribution < -0.4 is 11.1 Å². The van der Waals surface area contributed by atoms with Gasteiger partial charge in [-0.2, -0.15) is 0 Å². The van der Waals surface area contributed by atoms with Gasteiger partial charge in [0.2, 0.25) is 0 Å². The Morgan fingerprint density at radius 2 is 2.00 bits per heavy atom. The molecule has 2 rings (SSSR count). The van der Waals surface area contributed by atoms with Gasteiger partial charge in [0.05, 0.1) is 16.2 Å². The molecule has 21 heavy (non-hydrogen) atoms. The van der Waals surface area contributed by atoms with E-state index < -0.39 is 4.92 Å². The Labute approximate surface area is 129 Å². The first-order chi connectivity index (χ1) is 9.88. The molecule has 0 radical (unpaired) electrons. The Morgan fingerprint density at radius 1 is 1.29 bits per heavy atom. The van der Waals surface area contributed by atoms with Crippen LogP contribution in [-0.2, 0) is 0 Å². The third-order valence-electron chi connectivity index (χ3n) is 2.87. The van der Waals surface area contributed by atoms with Gasteiger partial charge in [-0.3, -0.25) is 14.9 Å². The highest BCUT2D eigenvalue weighted by Gasteiger charge is 2.14. The molecule has 2 aromatic carbocycles. The number of nitrogens with two attached hydrogens (primary N) is 1. The van der Waals surface area contributed by atoms with Crippen LogP contribution in [0.25, 0.3) is 0 Å². The molecule has 0 atom stereocenters. The zero-order valence-corrected chi connectivity index (χ0v) is 12.7. The summed E-state index contributed by atoms with van der Waals surface area (Å²) in [5.41, 5.74) is 7.81. The largest absolute Gasteiger partial charge is 0.398 e. The molecule has 0 aliphatic rings. The first-order valence-corrected chi connectivity index (χ1v) is 6.79. The molecule has 2 aromatic rings. The summed E-state index contributed by atoms with van der Waals surface area (Å²) >= 11 is 3.20. The Balaban J connectivity index is 2.27. The maximum absolute atomic E-state index is 12.2. The van der Waals surface area contributed by atoms with Crippen LogP contribution in [-0.4, -0.2) is 10.8 Å². The summed E-state index contributed by atoms with van der Waals surface area (Å²) in [6.07, 6.45) is 0. The molecule has 0 saturated heterocycles. The van der Waals surface area contributed by atoms with Gasteiger partial charge in [-0.25, -0.2) is 0 Å². The van der Waals surface area contributed by atoms with Crippen molar-refractivity contribution in [1.82, 2.24) is 0 Å². The van der Waals surface area contributed by atoms with Crippen molar-refractivity contribution in [3.05, 3.63) is 62.1 Å². The van der Waals surface area contributed by atoms with Gasteiger partial charge in [0.1, 0.15) is 0 Å². The summed E-state index contributed by atoms with van der Waals surface area (Å²) in [5, 5.41) is 13.3. The number of carbonyl (C=O) groups is 1. The van der Waals surface area contributed by atoms with Crippen LogP contribution >= 0.6 is 15.9 Å². The minimum absolute atomic E-state index is 0.0602. The third-order valence-corrected chi connectivity index (χ3v) is 3.52. The normalized spacial score (nSPS) is 10.2. The van der Waals surface area contributed by atoms with Gasteiger partial charge in [0.15, 0.2) is 0 Å². The van der Waals surface area contributed by atoms with E-state index in [-0.39, 0.29) is 11.6 Å². The molecule has 0 aliphatic heterocycles. The Bertz CT molecular complexity index is 731. The molecule has 3 N–H and O–H groups in total. The number of amides is 1. The van der Waals surface area contributed by atoms with Gasteiger partial charge < -0.3 is 11.1 Å². The Hall–Kier alpha value is -2.41. The zero-order valence-electron chi connectivity index (χ0n) is 11.1. The molecule has 108 valence electrons. The number of hydrogen-bond donors (Lipinski definition) is 2. The quantitative estimate of drug-likeness (QED) is 0.503.